The van der Waals surface area contributed by atoms with Gasteiger partial charge in [-0.25, -0.2) is 4.57 Å². The van der Waals surface area contributed by atoms with E-state index in [0.29, 0.717) is 6.54 Å². The van der Waals surface area contributed by atoms with Crippen LogP contribution >= 0.6 is 15.9 Å². The minimum Gasteiger partial charge on any atom is -0.290 e. The van der Waals surface area contributed by atoms with Gasteiger partial charge in [-0.3, -0.25) is 9.78 Å². The molecule has 0 aliphatic heterocycles. The highest BCUT2D eigenvalue weighted by Crippen LogP contribution is 2.10. The molecule has 0 fully saturated rings. The summed E-state index contributed by atoms with van der Waals surface area (Å²) in [4.78, 5) is 14.7. The Morgan fingerprint density at radius 1 is 1.33 bits per heavy atom. The molecule has 0 bridgehead atoms. The molecule has 3 nitrogen and oxygen atoms in total. The molecule has 4 heteroatoms. The summed E-state index contributed by atoms with van der Waals surface area (Å²) < 4.78 is 2.79. The third-order valence-corrected chi connectivity index (χ3v) is 2.62. The quantitative estimate of drug-likeness (QED) is 0.669. The zero-order valence-corrected chi connectivity index (χ0v) is 9.57. The van der Waals surface area contributed by atoms with E-state index in [1.807, 2.05) is 35.0 Å². The van der Waals surface area contributed by atoms with E-state index in [2.05, 4.69) is 20.9 Å². The minimum atomic E-state index is 0.104. The summed E-state index contributed by atoms with van der Waals surface area (Å²) in [6.07, 6.45) is 5.38. The fourth-order valence-electron chi connectivity index (χ4n) is 1.31. The average molecular weight is 266 g/mol. The van der Waals surface area contributed by atoms with Crippen LogP contribution in [0.3, 0.4) is 0 Å². The molecule has 15 heavy (non-hydrogen) atoms. The number of imidazole rings is 1. The number of aromatic amines is 1. The van der Waals surface area contributed by atoms with Crippen LogP contribution in [0.25, 0.3) is 0 Å². The summed E-state index contributed by atoms with van der Waals surface area (Å²) in [5.74, 6) is 0.104. The van der Waals surface area contributed by atoms with Gasteiger partial charge in [0.1, 0.15) is 12.4 Å². The van der Waals surface area contributed by atoms with Gasteiger partial charge < -0.3 is 0 Å². The standard InChI is InChI=1S/C11H9BrN2O/c12-10-3-1-9(2-4-10)11(15)7-14-6-5-13-8-14/h1-6,8H,7H2/p+1. The molecular formula is C11H10BrN2O+. The van der Waals surface area contributed by atoms with Gasteiger partial charge >= 0.3 is 0 Å². The summed E-state index contributed by atoms with van der Waals surface area (Å²) in [6, 6.07) is 7.38. The maximum absolute atomic E-state index is 11.8. The zero-order chi connectivity index (χ0) is 10.7. The number of aromatic nitrogens is 2. The highest BCUT2D eigenvalue weighted by molar-refractivity contribution is 9.10. The topological polar surface area (TPSA) is 36.7 Å². The first-order valence-corrected chi connectivity index (χ1v) is 5.35. The Morgan fingerprint density at radius 2 is 2.07 bits per heavy atom. The SMILES string of the molecule is O=C(C[n+]1cc[nH]c1)c1ccc(Br)cc1. The van der Waals surface area contributed by atoms with E-state index >= 15 is 0 Å². The molecule has 0 atom stereocenters. The van der Waals surface area contributed by atoms with Crippen molar-refractivity contribution in [1.82, 2.24) is 4.98 Å². The monoisotopic (exact) mass is 265 g/mol. The second-order valence-electron chi connectivity index (χ2n) is 3.21. The number of halogens is 1. The normalized spacial score (nSPS) is 10.2. The molecule has 1 aromatic heterocycles. The lowest BCUT2D eigenvalue weighted by Gasteiger charge is -1.98. The molecule has 0 spiro atoms. The maximum atomic E-state index is 11.8. The number of hydrogen-bond donors (Lipinski definition) is 1. The fourth-order valence-corrected chi connectivity index (χ4v) is 1.58. The average Bonchev–Trinajstić information content (AvgIpc) is 2.71. The fraction of sp³-hybridized carbons (Fsp3) is 0.0909. The van der Waals surface area contributed by atoms with Crippen molar-refractivity contribution >= 4 is 21.7 Å². The van der Waals surface area contributed by atoms with Crippen molar-refractivity contribution in [3.05, 3.63) is 53.0 Å². The highest BCUT2D eigenvalue weighted by atomic mass is 79.9. The van der Waals surface area contributed by atoms with Crippen molar-refractivity contribution in [3.8, 4) is 0 Å². The number of carbonyl (C=O) groups excluding carboxylic acids is 1. The number of benzene rings is 1. The predicted molar refractivity (Wildman–Crippen MR) is 59.5 cm³/mol. The van der Waals surface area contributed by atoms with Gasteiger partial charge in [0.2, 0.25) is 12.1 Å². The van der Waals surface area contributed by atoms with E-state index in [-0.39, 0.29) is 5.78 Å². The summed E-state index contributed by atoms with van der Waals surface area (Å²) in [7, 11) is 0. The van der Waals surface area contributed by atoms with Gasteiger partial charge in [-0.2, -0.15) is 0 Å². The summed E-state index contributed by atoms with van der Waals surface area (Å²) >= 11 is 3.33. The minimum absolute atomic E-state index is 0.104. The van der Waals surface area contributed by atoms with E-state index in [0.717, 1.165) is 10.0 Å². The van der Waals surface area contributed by atoms with E-state index < -0.39 is 0 Å². The van der Waals surface area contributed by atoms with Crippen molar-refractivity contribution in [2.75, 3.05) is 0 Å². The van der Waals surface area contributed by atoms with E-state index in [1.54, 1.807) is 12.5 Å². The number of rotatable bonds is 3. The highest BCUT2D eigenvalue weighted by Gasteiger charge is 2.09. The molecule has 1 N–H and O–H groups in total. The molecule has 0 amide bonds. The first-order chi connectivity index (χ1) is 7.25. The lowest BCUT2D eigenvalue weighted by atomic mass is 10.1. The van der Waals surface area contributed by atoms with Crippen LogP contribution in [0.4, 0.5) is 0 Å². The van der Waals surface area contributed by atoms with Crippen LogP contribution < -0.4 is 4.57 Å². The van der Waals surface area contributed by atoms with Gasteiger partial charge in [-0.15, -0.1) is 0 Å². The molecule has 0 unspecified atom stereocenters. The Labute approximate surface area is 95.9 Å². The number of H-pyrrole nitrogens is 1. The number of nitrogens with one attached hydrogen (secondary N) is 1. The van der Waals surface area contributed by atoms with Crippen molar-refractivity contribution in [2.24, 2.45) is 0 Å². The van der Waals surface area contributed by atoms with Crippen molar-refractivity contribution < 1.29 is 9.36 Å². The molecule has 1 aromatic carbocycles. The zero-order valence-electron chi connectivity index (χ0n) is 7.98. The van der Waals surface area contributed by atoms with Gasteiger partial charge in [0, 0.05) is 10.0 Å². The Morgan fingerprint density at radius 3 is 2.67 bits per heavy atom. The Kier molecular flexibility index (Phi) is 2.97. The number of Topliss-reactive ketones (excluding diaryl/α,β-unsaturated/α-hetero) is 1. The van der Waals surface area contributed by atoms with E-state index in [1.165, 1.54) is 0 Å². The van der Waals surface area contributed by atoms with Crippen LogP contribution in [0.2, 0.25) is 0 Å². The van der Waals surface area contributed by atoms with E-state index in [4.69, 9.17) is 0 Å². The summed E-state index contributed by atoms with van der Waals surface area (Å²) in [5.41, 5.74) is 0.729. The summed E-state index contributed by atoms with van der Waals surface area (Å²) in [6.45, 7) is 0.366. The molecule has 0 radical (unpaired) electrons. The molecule has 0 saturated heterocycles. The molecule has 0 saturated carbocycles. The third kappa shape index (κ3) is 2.53. The van der Waals surface area contributed by atoms with Crippen LogP contribution in [-0.4, -0.2) is 10.8 Å². The number of hydrogen-bond acceptors (Lipinski definition) is 1. The Balaban J connectivity index is 2.11. The number of nitrogens with zero attached hydrogens (tertiary/aromatic N) is 1. The lowest BCUT2D eigenvalue weighted by molar-refractivity contribution is -0.681. The first-order valence-electron chi connectivity index (χ1n) is 4.56. The largest absolute Gasteiger partial charge is 0.290 e. The molecule has 1 heterocycles. The lowest BCUT2D eigenvalue weighted by Crippen LogP contribution is -2.35. The second kappa shape index (κ2) is 4.40. The van der Waals surface area contributed by atoms with Crippen molar-refractivity contribution in [3.63, 3.8) is 0 Å². The van der Waals surface area contributed by atoms with Gasteiger partial charge in [-0.1, -0.05) is 28.1 Å². The third-order valence-electron chi connectivity index (χ3n) is 2.09. The van der Waals surface area contributed by atoms with Gasteiger partial charge in [0.25, 0.3) is 0 Å². The second-order valence-corrected chi connectivity index (χ2v) is 4.13. The maximum Gasteiger partial charge on any atom is 0.241 e. The number of carbonyl (C=O) groups is 1. The van der Waals surface area contributed by atoms with Crippen molar-refractivity contribution in [1.29, 1.82) is 0 Å². The number of ketones is 1. The van der Waals surface area contributed by atoms with Crippen LogP contribution in [0.1, 0.15) is 10.4 Å². The molecule has 2 aromatic rings. The molecular weight excluding hydrogens is 256 g/mol. The van der Waals surface area contributed by atoms with Crippen LogP contribution in [0, 0.1) is 0 Å². The summed E-state index contributed by atoms with van der Waals surface area (Å²) in [5, 5.41) is 0. The van der Waals surface area contributed by atoms with E-state index in [9.17, 15) is 4.79 Å². The van der Waals surface area contributed by atoms with Crippen molar-refractivity contribution in [2.45, 2.75) is 6.54 Å². The Bertz CT molecular complexity index is 448. The first kappa shape index (κ1) is 10.1. The van der Waals surface area contributed by atoms with Crippen LogP contribution in [-0.2, 0) is 6.54 Å². The van der Waals surface area contributed by atoms with Crippen LogP contribution in [0.5, 0.6) is 0 Å². The molecule has 2 rings (SSSR count). The van der Waals surface area contributed by atoms with Gasteiger partial charge in [0.15, 0.2) is 6.54 Å². The van der Waals surface area contributed by atoms with Gasteiger partial charge in [-0.05, 0) is 12.1 Å². The van der Waals surface area contributed by atoms with Crippen LogP contribution in [0.15, 0.2) is 47.5 Å². The molecule has 0 aliphatic rings. The smallest absolute Gasteiger partial charge is 0.241 e. The molecule has 76 valence electrons. The predicted octanol–water partition coefficient (Wildman–Crippen LogP) is 1.95. The van der Waals surface area contributed by atoms with Gasteiger partial charge in [0.05, 0.1) is 0 Å². The Hall–Kier alpha value is -1.42. The molecule has 0 aliphatic carbocycles.